The largest absolute Gasteiger partial charge is 0.396 e. The number of likely N-dealkylation sites (N-methyl/N-ethyl adjacent to an activating group) is 1. The zero-order chi connectivity index (χ0) is 17.8. The fraction of sp³-hybridized carbons (Fsp3) is 0.765. The number of hydrogen-bond donors (Lipinski definition) is 2. The highest BCUT2D eigenvalue weighted by molar-refractivity contribution is 5.91. The molecule has 3 rings (SSSR count). The van der Waals surface area contributed by atoms with Crippen molar-refractivity contribution >= 4 is 5.91 Å². The molecule has 1 aromatic rings. The van der Waals surface area contributed by atoms with Crippen LogP contribution in [0.4, 0.5) is 0 Å². The SMILES string of the molecule is CN1CCCN(C[C@@H]2C[C@@H](CO)CN(C(=O)c3cc(=O)[nH]o3)C2)CC1. The zero-order valence-electron chi connectivity index (χ0n) is 14.8. The van der Waals surface area contributed by atoms with Gasteiger partial charge in [-0.25, -0.2) is 0 Å². The topological polar surface area (TPSA) is 93.0 Å². The first-order valence-corrected chi connectivity index (χ1v) is 9.04. The van der Waals surface area contributed by atoms with Crippen molar-refractivity contribution in [3.8, 4) is 0 Å². The van der Waals surface area contributed by atoms with Crippen LogP contribution in [0, 0.1) is 11.8 Å². The second kappa shape index (κ2) is 8.16. The van der Waals surface area contributed by atoms with E-state index in [9.17, 15) is 14.7 Å². The van der Waals surface area contributed by atoms with Crippen LogP contribution >= 0.6 is 0 Å². The lowest BCUT2D eigenvalue weighted by molar-refractivity contribution is 0.0421. The van der Waals surface area contributed by atoms with E-state index in [0.717, 1.165) is 45.6 Å². The number of carbonyl (C=O) groups is 1. The maximum Gasteiger partial charge on any atom is 0.292 e. The van der Waals surface area contributed by atoms with Crippen LogP contribution in [-0.4, -0.2) is 90.3 Å². The fourth-order valence-electron chi connectivity index (χ4n) is 3.94. The monoisotopic (exact) mass is 352 g/mol. The summed E-state index contributed by atoms with van der Waals surface area (Å²) in [4.78, 5) is 30.3. The molecule has 8 heteroatoms. The summed E-state index contributed by atoms with van der Waals surface area (Å²) in [7, 11) is 2.15. The summed E-state index contributed by atoms with van der Waals surface area (Å²) in [6.07, 6.45) is 2.08. The molecule has 2 N–H and O–H groups in total. The number of H-pyrrole nitrogens is 1. The molecule has 3 heterocycles. The third-order valence-electron chi connectivity index (χ3n) is 5.23. The predicted molar refractivity (Wildman–Crippen MR) is 92.5 cm³/mol. The van der Waals surface area contributed by atoms with Crippen molar-refractivity contribution in [1.82, 2.24) is 19.9 Å². The standard InChI is InChI=1S/C17H28N4O4/c1-19-3-2-4-20(6-5-19)9-13-7-14(12-22)11-21(10-13)17(24)15-8-16(23)18-25-15/h8,13-14,22H,2-7,9-12H2,1H3,(H,18,23)/t13-,14+/m0/s1. The van der Waals surface area contributed by atoms with Gasteiger partial charge in [-0.2, -0.15) is 5.16 Å². The van der Waals surface area contributed by atoms with E-state index in [1.54, 1.807) is 4.90 Å². The Balaban J connectivity index is 1.63. The zero-order valence-corrected chi connectivity index (χ0v) is 14.8. The molecule has 2 saturated heterocycles. The van der Waals surface area contributed by atoms with Crippen LogP contribution in [0.2, 0.25) is 0 Å². The van der Waals surface area contributed by atoms with Gasteiger partial charge < -0.3 is 24.3 Å². The number of amides is 1. The highest BCUT2D eigenvalue weighted by atomic mass is 16.5. The molecule has 140 valence electrons. The summed E-state index contributed by atoms with van der Waals surface area (Å²) in [6, 6.07) is 1.19. The van der Waals surface area contributed by atoms with E-state index in [0.29, 0.717) is 19.0 Å². The first-order chi connectivity index (χ1) is 12.0. The molecule has 1 amide bonds. The van der Waals surface area contributed by atoms with Gasteiger partial charge >= 0.3 is 0 Å². The highest BCUT2D eigenvalue weighted by Crippen LogP contribution is 2.24. The van der Waals surface area contributed by atoms with Gasteiger partial charge in [-0.3, -0.25) is 9.59 Å². The molecule has 2 aliphatic heterocycles. The minimum absolute atomic E-state index is 0.0405. The van der Waals surface area contributed by atoms with E-state index < -0.39 is 5.56 Å². The van der Waals surface area contributed by atoms with E-state index in [1.807, 2.05) is 0 Å². The number of nitrogens with one attached hydrogen (secondary N) is 1. The molecule has 0 radical (unpaired) electrons. The van der Waals surface area contributed by atoms with E-state index >= 15 is 0 Å². The molecule has 25 heavy (non-hydrogen) atoms. The number of rotatable bonds is 4. The van der Waals surface area contributed by atoms with Crippen LogP contribution in [0.1, 0.15) is 23.4 Å². The number of nitrogens with zero attached hydrogens (tertiary/aromatic N) is 3. The van der Waals surface area contributed by atoms with Crippen LogP contribution < -0.4 is 5.56 Å². The second-order valence-corrected chi connectivity index (χ2v) is 7.39. The van der Waals surface area contributed by atoms with Crippen molar-refractivity contribution in [3.63, 3.8) is 0 Å². The van der Waals surface area contributed by atoms with Gasteiger partial charge in [0.1, 0.15) is 0 Å². The molecule has 0 saturated carbocycles. The molecule has 0 aliphatic carbocycles. The van der Waals surface area contributed by atoms with Crippen LogP contribution in [0.25, 0.3) is 0 Å². The van der Waals surface area contributed by atoms with Gasteiger partial charge in [0.15, 0.2) is 0 Å². The van der Waals surface area contributed by atoms with Crippen molar-refractivity contribution in [1.29, 1.82) is 0 Å². The molecular weight excluding hydrogens is 324 g/mol. The van der Waals surface area contributed by atoms with Gasteiger partial charge in [-0.1, -0.05) is 0 Å². The molecule has 2 atom stereocenters. The Bertz CT molecular complexity index is 628. The number of carbonyl (C=O) groups excluding carboxylic acids is 1. The van der Waals surface area contributed by atoms with Crippen molar-refractivity contribution in [2.24, 2.45) is 11.8 Å². The van der Waals surface area contributed by atoms with Gasteiger partial charge in [0.2, 0.25) is 5.76 Å². The van der Waals surface area contributed by atoms with Gasteiger partial charge in [0.05, 0.1) is 6.07 Å². The Morgan fingerprint density at radius 1 is 1.28 bits per heavy atom. The first kappa shape index (κ1) is 18.2. The van der Waals surface area contributed by atoms with Crippen molar-refractivity contribution in [3.05, 3.63) is 22.2 Å². The summed E-state index contributed by atoms with van der Waals surface area (Å²) in [5.74, 6) is 0.155. The maximum absolute atomic E-state index is 12.6. The fourth-order valence-corrected chi connectivity index (χ4v) is 3.94. The van der Waals surface area contributed by atoms with Gasteiger partial charge in [-0.15, -0.1) is 0 Å². The van der Waals surface area contributed by atoms with Crippen LogP contribution in [0.5, 0.6) is 0 Å². The Labute approximate surface area is 147 Å². The lowest BCUT2D eigenvalue weighted by Crippen LogP contribution is -2.48. The normalized spacial score (nSPS) is 26.6. The molecule has 8 nitrogen and oxygen atoms in total. The number of aliphatic hydroxyl groups excluding tert-OH is 1. The lowest BCUT2D eigenvalue weighted by Gasteiger charge is -2.38. The van der Waals surface area contributed by atoms with Crippen LogP contribution in [0.15, 0.2) is 15.4 Å². The Morgan fingerprint density at radius 2 is 2.08 bits per heavy atom. The summed E-state index contributed by atoms with van der Waals surface area (Å²) in [5.41, 5.74) is -0.413. The average Bonchev–Trinajstić information content (AvgIpc) is 2.94. The Hall–Kier alpha value is -1.64. The molecular formula is C17H28N4O4. The second-order valence-electron chi connectivity index (χ2n) is 7.39. The summed E-state index contributed by atoms with van der Waals surface area (Å²) < 4.78 is 4.95. The third kappa shape index (κ3) is 4.71. The molecule has 0 unspecified atom stereocenters. The van der Waals surface area contributed by atoms with Crippen molar-refractivity contribution in [2.75, 3.05) is 59.5 Å². The molecule has 2 fully saturated rings. The van der Waals surface area contributed by atoms with Gasteiger partial charge in [-0.05, 0) is 44.8 Å². The maximum atomic E-state index is 12.6. The third-order valence-corrected chi connectivity index (χ3v) is 5.23. The Morgan fingerprint density at radius 3 is 2.80 bits per heavy atom. The van der Waals surface area contributed by atoms with E-state index in [1.165, 1.54) is 6.07 Å². The van der Waals surface area contributed by atoms with E-state index in [-0.39, 0.29) is 24.2 Å². The lowest BCUT2D eigenvalue weighted by atomic mass is 9.89. The molecule has 0 bridgehead atoms. The average molecular weight is 352 g/mol. The van der Waals surface area contributed by atoms with Gasteiger partial charge in [0, 0.05) is 39.3 Å². The summed E-state index contributed by atoms with van der Waals surface area (Å²) in [5, 5.41) is 11.8. The first-order valence-electron chi connectivity index (χ1n) is 9.04. The molecule has 2 aliphatic rings. The van der Waals surface area contributed by atoms with Crippen molar-refractivity contribution < 1.29 is 14.4 Å². The molecule has 1 aromatic heterocycles. The number of hydrogen-bond acceptors (Lipinski definition) is 6. The minimum atomic E-state index is -0.413. The van der Waals surface area contributed by atoms with Crippen LogP contribution in [-0.2, 0) is 0 Å². The Kier molecular flexibility index (Phi) is 5.93. The smallest absolute Gasteiger partial charge is 0.292 e. The quantitative estimate of drug-likeness (QED) is 0.771. The summed E-state index contributed by atoms with van der Waals surface area (Å²) in [6.45, 7) is 6.44. The predicted octanol–water partition coefficient (Wildman–Crippen LogP) is -0.324. The minimum Gasteiger partial charge on any atom is -0.396 e. The number of aromatic amines is 1. The molecule has 0 aromatic carbocycles. The highest BCUT2D eigenvalue weighted by Gasteiger charge is 2.32. The van der Waals surface area contributed by atoms with Gasteiger partial charge in [0.25, 0.3) is 11.5 Å². The number of piperidine rings is 1. The van der Waals surface area contributed by atoms with E-state index in [2.05, 4.69) is 22.0 Å². The number of likely N-dealkylation sites (tertiary alicyclic amines) is 1. The summed E-state index contributed by atoms with van der Waals surface area (Å²) >= 11 is 0. The van der Waals surface area contributed by atoms with Crippen LogP contribution in [0.3, 0.4) is 0 Å². The van der Waals surface area contributed by atoms with Crippen molar-refractivity contribution in [2.45, 2.75) is 12.8 Å². The number of aliphatic hydroxyl groups is 1. The molecule has 0 spiro atoms. The van der Waals surface area contributed by atoms with E-state index in [4.69, 9.17) is 4.52 Å². The number of aromatic nitrogens is 1.